The Labute approximate surface area is 309 Å². The van der Waals surface area contributed by atoms with Gasteiger partial charge in [0.1, 0.15) is 36.6 Å². The minimum atomic E-state index is -1.54. The average molecular weight is 735 g/mol. The maximum atomic E-state index is 13.0. The Morgan fingerprint density at radius 2 is 1.44 bits per heavy atom. The van der Waals surface area contributed by atoms with Crippen molar-refractivity contribution in [1.29, 1.82) is 0 Å². The van der Waals surface area contributed by atoms with Crippen LogP contribution in [-0.4, -0.2) is 105 Å². The van der Waals surface area contributed by atoms with E-state index in [0.717, 1.165) is 64.2 Å². The highest BCUT2D eigenvalue weighted by molar-refractivity contribution is 5.76. The number of fused-ring (bicyclic) bond motifs is 7. The summed E-state index contributed by atoms with van der Waals surface area (Å²) in [7, 11) is 0. The van der Waals surface area contributed by atoms with Crippen LogP contribution in [0.3, 0.4) is 0 Å². The number of allylic oxidation sites excluding steroid dienone is 2. The summed E-state index contributed by atoms with van der Waals surface area (Å²) in [4.78, 5) is 13.0. The van der Waals surface area contributed by atoms with Crippen molar-refractivity contribution >= 4 is 5.97 Å². The fourth-order valence-corrected chi connectivity index (χ4v) is 13.3. The van der Waals surface area contributed by atoms with Gasteiger partial charge in [0.15, 0.2) is 12.6 Å². The van der Waals surface area contributed by atoms with Crippen LogP contribution >= 0.6 is 0 Å². The Morgan fingerprint density at radius 3 is 2.13 bits per heavy atom. The largest absolute Gasteiger partial charge is 0.481 e. The minimum Gasteiger partial charge on any atom is -0.481 e. The Hall–Kier alpha value is -1.15. The Kier molecular flexibility index (Phi) is 9.74. The molecule has 0 aromatic rings. The second-order valence-corrected chi connectivity index (χ2v) is 20.2. The van der Waals surface area contributed by atoms with E-state index in [1.165, 1.54) is 5.57 Å². The van der Waals surface area contributed by atoms with Crippen molar-refractivity contribution in [2.45, 2.75) is 181 Å². The third kappa shape index (κ3) is 5.64. The van der Waals surface area contributed by atoms with Crippen LogP contribution in [0.2, 0.25) is 0 Å². The number of carbonyl (C=O) groups is 1. The number of aliphatic hydroxyl groups is 5. The number of hydrogen-bond donors (Lipinski definition) is 6. The first-order valence-corrected chi connectivity index (χ1v) is 20.1. The number of aliphatic carboxylic acids is 1. The van der Waals surface area contributed by atoms with E-state index in [1.54, 1.807) is 6.92 Å². The molecule has 52 heavy (non-hydrogen) atoms. The van der Waals surface area contributed by atoms with Gasteiger partial charge in [-0.2, -0.15) is 0 Å². The van der Waals surface area contributed by atoms with E-state index in [4.69, 9.17) is 18.9 Å². The lowest BCUT2D eigenvalue weighted by Gasteiger charge is -2.71. The van der Waals surface area contributed by atoms with Gasteiger partial charge in [-0.1, -0.05) is 60.1 Å². The van der Waals surface area contributed by atoms with Crippen LogP contribution in [0.1, 0.15) is 120 Å². The smallest absolute Gasteiger partial charge is 0.310 e. The lowest BCUT2D eigenvalue weighted by atomic mass is 9.33. The van der Waals surface area contributed by atoms with Crippen LogP contribution in [-0.2, 0) is 23.7 Å². The monoisotopic (exact) mass is 734 g/mol. The highest BCUT2D eigenvalue weighted by Crippen LogP contribution is 2.76. The molecule has 7 aliphatic rings. The third-order valence-corrected chi connectivity index (χ3v) is 16.9. The van der Waals surface area contributed by atoms with Crippen molar-refractivity contribution in [3.8, 4) is 0 Å². The fourth-order valence-electron chi connectivity index (χ4n) is 13.3. The maximum absolute atomic E-state index is 13.0. The first kappa shape index (κ1) is 39.1. The Bertz CT molecular complexity index is 1410. The molecule has 0 spiro atoms. The summed E-state index contributed by atoms with van der Waals surface area (Å²) < 4.78 is 23.9. The molecule has 6 N–H and O–H groups in total. The van der Waals surface area contributed by atoms with Gasteiger partial charge in [-0.05, 0) is 116 Å². The molecule has 17 atom stereocenters. The molecule has 0 amide bonds. The van der Waals surface area contributed by atoms with Gasteiger partial charge in [-0.15, -0.1) is 0 Å². The zero-order valence-corrected chi connectivity index (χ0v) is 32.6. The Morgan fingerprint density at radius 1 is 0.769 bits per heavy atom. The van der Waals surface area contributed by atoms with Gasteiger partial charge in [0.25, 0.3) is 0 Å². The molecule has 2 heterocycles. The van der Waals surface area contributed by atoms with Gasteiger partial charge in [-0.3, -0.25) is 4.79 Å². The molecular weight excluding hydrogens is 668 g/mol. The summed E-state index contributed by atoms with van der Waals surface area (Å²) in [5.74, 6) is 0.273. The SMILES string of the molecule is C[C@@H]1O[C@@H](O[C@H]2CO[C@@H](O[C@H]3CC[C@@]4(C)C(CC[C@]5(C)C4CC=C4[C@@H]6CC(C)(C)CC[C@]6(C(=O)O)CCC45C)C3(C)C)[C@H](O)[C@H]2O)[C@H](O)[C@H](O)[C@@H]1O. The molecule has 4 saturated carbocycles. The summed E-state index contributed by atoms with van der Waals surface area (Å²) >= 11 is 0. The van der Waals surface area contributed by atoms with Crippen LogP contribution in [0.5, 0.6) is 0 Å². The molecule has 0 aromatic carbocycles. The lowest BCUT2D eigenvalue weighted by Crippen LogP contribution is -2.66. The lowest BCUT2D eigenvalue weighted by molar-refractivity contribution is -0.348. The van der Waals surface area contributed by atoms with E-state index >= 15 is 0 Å². The third-order valence-electron chi connectivity index (χ3n) is 16.9. The van der Waals surface area contributed by atoms with Crippen molar-refractivity contribution in [1.82, 2.24) is 0 Å². The number of rotatable bonds is 5. The van der Waals surface area contributed by atoms with Crippen molar-refractivity contribution in [3.63, 3.8) is 0 Å². The number of carboxylic acids is 1. The van der Waals surface area contributed by atoms with E-state index in [-0.39, 0.29) is 45.7 Å². The molecule has 7 rings (SSSR count). The first-order chi connectivity index (χ1) is 24.1. The molecule has 0 bridgehead atoms. The van der Waals surface area contributed by atoms with E-state index in [0.29, 0.717) is 11.8 Å². The second kappa shape index (κ2) is 12.9. The molecule has 0 aromatic heterocycles. The number of hydrogen-bond acceptors (Lipinski definition) is 10. The van der Waals surface area contributed by atoms with E-state index in [9.17, 15) is 35.4 Å². The van der Waals surface area contributed by atoms with Gasteiger partial charge in [0.05, 0.1) is 24.2 Å². The van der Waals surface area contributed by atoms with Crippen molar-refractivity contribution in [2.75, 3.05) is 6.61 Å². The van der Waals surface area contributed by atoms with E-state index in [1.807, 2.05) is 0 Å². The zero-order valence-electron chi connectivity index (χ0n) is 32.6. The van der Waals surface area contributed by atoms with Gasteiger partial charge >= 0.3 is 5.97 Å². The predicted molar refractivity (Wildman–Crippen MR) is 191 cm³/mol. The van der Waals surface area contributed by atoms with Gasteiger partial charge in [-0.25, -0.2) is 0 Å². The summed E-state index contributed by atoms with van der Waals surface area (Å²) in [5, 5.41) is 63.6. The number of carboxylic acid groups (broad SMARTS) is 1. The van der Waals surface area contributed by atoms with Crippen molar-refractivity contribution in [3.05, 3.63) is 11.6 Å². The number of ether oxygens (including phenoxy) is 4. The van der Waals surface area contributed by atoms with Crippen LogP contribution < -0.4 is 0 Å². The summed E-state index contributed by atoms with van der Waals surface area (Å²) in [6.45, 7) is 18.1. The second-order valence-electron chi connectivity index (χ2n) is 20.2. The van der Waals surface area contributed by atoms with Crippen molar-refractivity contribution in [2.24, 2.45) is 50.2 Å². The van der Waals surface area contributed by atoms with E-state index in [2.05, 4.69) is 54.5 Å². The maximum Gasteiger partial charge on any atom is 0.310 e. The number of aliphatic hydroxyl groups excluding tert-OH is 5. The van der Waals surface area contributed by atoms with Gasteiger partial charge < -0.3 is 49.6 Å². The molecule has 2 aliphatic heterocycles. The van der Waals surface area contributed by atoms with Crippen LogP contribution in [0.15, 0.2) is 11.6 Å². The molecule has 0 radical (unpaired) electrons. The fraction of sp³-hybridized carbons (Fsp3) is 0.927. The van der Waals surface area contributed by atoms with Gasteiger partial charge in [0, 0.05) is 0 Å². The molecule has 296 valence electrons. The summed E-state index contributed by atoms with van der Waals surface area (Å²) in [6.07, 6.45) is 0.0764. The summed E-state index contributed by atoms with van der Waals surface area (Å²) in [5.41, 5.74) is 0.683. The standard InChI is InChI=1S/C41H66O11/c1-21-28(42)30(44)32(46)34(50-21)51-24-20-49-33(31(45)29(24)43)52-27-12-13-38(6)25(37(27,4)5)11-14-40(8)26(38)10-9-22-23-19-36(2,3)15-17-41(23,35(47)48)18-16-39(22,40)7/h9,21,23-34,42-46H,10-20H2,1-8H3,(H,47,48)/t21-,23-,24-,25?,26?,27-,28+,29-,30+,31+,32+,33-,34-,38-,39?,40+,41-/m0/s1. The van der Waals surface area contributed by atoms with Crippen LogP contribution in [0, 0.1) is 50.2 Å². The van der Waals surface area contributed by atoms with Crippen LogP contribution in [0.25, 0.3) is 0 Å². The zero-order chi connectivity index (χ0) is 38.0. The molecule has 2 saturated heterocycles. The molecular formula is C41H66O11. The minimum absolute atomic E-state index is 0.0369. The normalized spacial score (nSPS) is 54.1. The summed E-state index contributed by atoms with van der Waals surface area (Å²) in [6, 6.07) is 0. The first-order valence-electron chi connectivity index (χ1n) is 20.1. The molecule has 11 nitrogen and oxygen atoms in total. The molecule has 5 aliphatic carbocycles. The van der Waals surface area contributed by atoms with Gasteiger partial charge in [0.2, 0.25) is 0 Å². The molecule has 6 fully saturated rings. The topological polar surface area (TPSA) is 175 Å². The van der Waals surface area contributed by atoms with E-state index < -0.39 is 66.7 Å². The molecule has 3 unspecified atom stereocenters. The predicted octanol–water partition coefficient (Wildman–Crippen LogP) is 4.55. The average Bonchev–Trinajstić information content (AvgIpc) is 3.06. The highest BCUT2D eigenvalue weighted by Gasteiger charge is 2.69. The van der Waals surface area contributed by atoms with Crippen molar-refractivity contribution < 1.29 is 54.4 Å². The van der Waals surface area contributed by atoms with Crippen LogP contribution in [0.4, 0.5) is 0 Å². The Balaban J connectivity index is 1.06. The molecule has 11 heteroatoms. The highest BCUT2D eigenvalue weighted by atomic mass is 16.7. The quantitative estimate of drug-likeness (QED) is 0.173.